The number of hydrogen-bond acceptors (Lipinski definition) is 3. The predicted molar refractivity (Wildman–Crippen MR) is 128 cm³/mol. The first-order valence-electron chi connectivity index (χ1n) is 9.34. The topological polar surface area (TPSA) is 48.3 Å². The minimum atomic E-state index is -0.599. The number of methoxy groups -OCH3 is 1. The number of carbonyl (C=O) groups is 1. The van der Waals surface area contributed by atoms with Gasteiger partial charge in [0.1, 0.15) is 5.69 Å². The fourth-order valence-corrected chi connectivity index (χ4v) is 4.28. The van der Waals surface area contributed by atoms with Crippen LogP contribution in [0.1, 0.15) is 16.1 Å². The van der Waals surface area contributed by atoms with Gasteiger partial charge in [0, 0.05) is 15.4 Å². The Morgan fingerprint density at radius 3 is 2.39 bits per heavy atom. The second kappa shape index (κ2) is 8.87. The van der Waals surface area contributed by atoms with E-state index in [-0.39, 0.29) is 17.8 Å². The van der Waals surface area contributed by atoms with Crippen molar-refractivity contribution in [2.75, 3.05) is 7.11 Å². The second-order valence-electron chi connectivity index (χ2n) is 6.91. The molecule has 0 unspecified atom stereocenters. The molecule has 0 radical (unpaired) electrons. The average Bonchev–Trinajstić information content (AvgIpc) is 2.77. The van der Waals surface area contributed by atoms with Crippen molar-refractivity contribution >= 4 is 55.9 Å². The Morgan fingerprint density at radius 1 is 0.968 bits per heavy atom. The van der Waals surface area contributed by atoms with Gasteiger partial charge in [0.05, 0.1) is 23.7 Å². The molecule has 0 fully saturated rings. The summed E-state index contributed by atoms with van der Waals surface area (Å²) in [5.74, 6) is -0.599. The monoisotopic (exact) mass is 515 g/mol. The molecule has 0 amide bonds. The highest BCUT2D eigenvalue weighted by atomic mass is 79.9. The molecule has 0 N–H and O–H groups in total. The van der Waals surface area contributed by atoms with Gasteiger partial charge in [-0.15, -0.1) is 0 Å². The standard InChI is InChI=1S/C24H16BrCl2NO3/c1-31-24(30)22-21(15-5-3-2-4-6-15)18-12-16(25)8-9-17(18)23(29)28(22)13-14-7-10-19(26)20(27)11-14/h2-12H,13H2,1H3. The van der Waals surface area contributed by atoms with Gasteiger partial charge < -0.3 is 4.74 Å². The lowest BCUT2D eigenvalue weighted by molar-refractivity contribution is 0.0588. The van der Waals surface area contributed by atoms with Crippen LogP contribution in [0.2, 0.25) is 10.0 Å². The van der Waals surface area contributed by atoms with E-state index in [9.17, 15) is 9.59 Å². The smallest absolute Gasteiger partial charge is 0.355 e. The summed E-state index contributed by atoms with van der Waals surface area (Å²) in [6.07, 6.45) is 0. The number of carbonyl (C=O) groups excluding carboxylic acids is 1. The molecule has 0 aliphatic heterocycles. The maximum absolute atomic E-state index is 13.5. The third-order valence-corrected chi connectivity index (χ3v) is 6.23. The number of halogens is 3. The minimum Gasteiger partial charge on any atom is -0.464 e. The Hall–Kier alpha value is -2.60. The first-order valence-corrected chi connectivity index (χ1v) is 10.9. The molecular weight excluding hydrogens is 501 g/mol. The van der Waals surface area contributed by atoms with Crippen molar-refractivity contribution in [3.63, 3.8) is 0 Å². The molecule has 4 nitrogen and oxygen atoms in total. The zero-order valence-electron chi connectivity index (χ0n) is 16.4. The van der Waals surface area contributed by atoms with Crippen LogP contribution in [0, 0.1) is 0 Å². The number of fused-ring (bicyclic) bond motifs is 1. The molecule has 31 heavy (non-hydrogen) atoms. The largest absolute Gasteiger partial charge is 0.464 e. The van der Waals surface area contributed by atoms with Crippen LogP contribution in [0.5, 0.6) is 0 Å². The molecular formula is C24H16BrCl2NO3. The van der Waals surface area contributed by atoms with Crippen LogP contribution < -0.4 is 5.56 Å². The molecule has 0 saturated carbocycles. The van der Waals surface area contributed by atoms with E-state index in [0.717, 1.165) is 15.6 Å². The third-order valence-electron chi connectivity index (χ3n) is 5.00. The SMILES string of the molecule is COC(=O)c1c(-c2ccccc2)c2cc(Br)ccc2c(=O)n1Cc1ccc(Cl)c(Cl)c1. The summed E-state index contributed by atoms with van der Waals surface area (Å²) in [6.45, 7) is 0.131. The average molecular weight is 517 g/mol. The quantitative estimate of drug-likeness (QED) is 0.288. The van der Waals surface area contributed by atoms with E-state index >= 15 is 0 Å². The van der Waals surface area contributed by atoms with E-state index in [1.165, 1.54) is 11.7 Å². The molecule has 0 bridgehead atoms. The maximum Gasteiger partial charge on any atom is 0.355 e. The van der Waals surface area contributed by atoms with E-state index < -0.39 is 5.97 Å². The normalized spacial score (nSPS) is 11.0. The summed E-state index contributed by atoms with van der Waals surface area (Å²) in [5.41, 5.74) is 2.04. The number of rotatable bonds is 4. The molecule has 7 heteroatoms. The Kier molecular flexibility index (Phi) is 6.19. The summed E-state index contributed by atoms with van der Waals surface area (Å²) in [4.78, 5) is 26.5. The molecule has 4 rings (SSSR count). The summed E-state index contributed by atoms with van der Waals surface area (Å²) in [6, 6.07) is 20.0. The van der Waals surface area contributed by atoms with Gasteiger partial charge in [-0.3, -0.25) is 9.36 Å². The number of ether oxygens (including phenoxy) is 1. The van der Waals surface area contributed by atoms with Crippen molar-refractivity contribution in [3.8, 4) is 11.1 Å². The number of esters is 1. The molecule has 3 aromatic carbocycles. The van der Waals surface area contributed by atoms with Crippen molar-refractivity contribution in [2.24, 2.45) is 0 Å². The van der Waals surface area contributed by atoms with Crippen LogP contribution in [0.3, 0.4) is 0 Å². The summed E-state index contributed by atoms with van der Waals surface area (Å²) in [7, 11) is 1.30. The van der Waals surface area contributed by atoms with Crippen LogP contribution in [0.15, 0.2) is 76.0 Å². The summed E-state index contributed by atoms with van der Waals surface area (Å²) < 4.78 is 7.33. The number of pyridine rings is 1. The Morgan fingerprint density at radius 2 is 1.71 bits per heavy atom. The molecule has 4 aromatic rings. The molecule has 0 spiro atoms. The van der Waals surface area contributed by atoms with Gasteiger partial charge in [-0.05, 0) is 46.8 Å². The van der Waals surface area contributed by atoms with Crippen LogP contribution in [0.4, 0.5) is 0 Å². The lowest BCUT2D eigenvalue weighted by Crippen LogP contribution is -2.28. The van der Waals surface area contributed by atoms with Crippen molar-refractivity contribution in [1.82, 2.24) is 4.57 Å². The number of benzene rings is 3. The third kappa shape index (κ3) is 4.13. The zero-order chi connectivity index (χ0) is 22.1. The molecule has 0 aliphatic rings. The van der Waals surface area contributed by atoms with Gasteiger partial charge in [0.2, 0.25) is 0 Å². The fraction of sp³-hybridized carbons (Fsp3) is 0.0833. The van der Waals surface area contributed by atoms with Crippen molar-refractivity contribution in [2.45, 2.75) is 6.54 Å². The van der Waals surface area contributed by atoms with Crippen molar-refractivity contribution in [3.05, 3.63) is 103 Å². The predicted octanol–water partition coefficient (Wildman–Crippen LogP) is 6.57. The van der Waals surface area contributed by atoms with Gasteiger partial charge in [0.25, 0.3) is 5.56 Å². The van der Waals surface area contributed by atoms with Crippen molar-refractivity contribution < 1.29 is 9.53 Å². The molecule has 156 valence electrons. The highest BCUT2D eigenvalue weighted by Gasteiger charge is 2.24. The van der Waals surface area contributed by atoms with Gasteiger partial charge in [-0.1, -0.05) is 75.5 Å². The molecule has 1 heterocycles. The second-order valence-corrected chi connectivity index (χ2v) is 8.64. The van der Waals surface area contributed by atoms with Crippen molar-refractivity contribution in [1.29, 1.82) is 0 Å². The number of nitrogens with zero attached hydrogens (tertiary/aromatic N) is 1. The van der Waals surface area contributed by atoms with Gasteiger partial charge in [-0.2, -0.15) is 0 Å². The van der Waals surface area contributed by atoms with Crippen LogP contribution in [-0.2, 0) is 11.3 Å². The Labute approximate surface area is 197 Å². The Bertz CT molecular complexity index is 1370. The van der Waals surface area contributed by atoms with Crippen LogP contribution in [-0.4, -0.2) is 17.6 Å². The maximum atomic E-state index is 13.5. The molecule has 0 saturated heterocycles. The fourth-order valence-electron chi connectivity index (χ4n) is 3.60. The van der Waals surface area contributed by atoms with Crippen LogP contribution in [0.25, 0.3) is 21.9 Å². The zero-order valence-corrected chi connectivity index (χ0v) is 19.5. The van der Waals surface area contributed by atoms with E-state index in [0.29, 0.717) is 26.4 Å². The molecule has 0 aliphatic carbocycles. The van der Waals surface area contributed by atoms with E-state index in [1.54, 1.807) is 30.3 Å². The number of hydrogen-bond donors (Lipinski definition) is 0. The number of aromatic nitrogens is 1. The highest BCUT2D eigenvalue weighted by Crippen LogP contribution is 2.33. The minimum absolute atomic E-state index is 0.131. The first-order chi connectivity index (χ1) is 14.9. The lowest BCUT2D eigenvalue weighted by Gasteiger charge is -2.19. The lowest BCUT2D eigenvalue weighted by atomic mass is 9.96. The van der Waals surface area contributed by atoms with Gasteiger partial charge in [-0.25, -0.2) is 4.79 Å². The van der Waals surface area contributed by atoms with E-state index in [1.807, 2.05) is 36.4 Å². The van der Waals surface area contributed by atoms with Gasteiger partial charge >= 0.3 is 5.97 Å². The molecule has 0 atom stereocenters. The van der Waals surface area contributed by atoms with E-state index in [4.69, 9.17) is 27.9 Å². The van der Waals surface area contributed by atoms with Gasteiger partial charge in [0.15, 0.2) is 0 Å². The highest BCUT2D eigenvalue weighted by molar-refractivity contribution is 9.10. The Balaban J connectivity index is 2.11. The van der Waals surface area contributed by atoms with Crippen LogP contribution >= 0.6 is 39.1 Å². The first kappa shape index (κ1) is 21.6. The summed E-state index contributed by atoms with van der Waals surface area (Å²) >= 11 is 15.7. The summed E-state index contributed by atoms with van der Waals surface area (Å²) in [5, 5.41) is 1.95. The van der Waals surface area contributed by atoms with E-state index in [2.05, 4.69) is 15.9 Å². The molecule has 1 aromatic heterocycles.